The lowest BCUT2D eigenvalue weighted by Gasteiger charge is -2.30. The molecule has 5 heteroatoms. The average molecular weight is 296 g/mol. The molecule has 2 atom stereocenters. The van der Waals surface area contributed by atoms with Gasteiger partial charge in [0.05, 0.1) is 12.0 Å². The fraction of sp³-hybridized carbons (Fsp3) is 0.875. The number of carboxylic acids is 1. The van der Waals surface area contributed by atoms with Crippen LogP contribution in [0, 0.1) is 11.8 Å². The molecule has 0 aromatic carbocycles. The molecule has 2 rings (SSSR count). The molecule has 0 aromatic rings. The first-order valence-corrected chi connectivity index (χ1v) is 8.27. The topological polar surface area (TPSA) is 78.4 Å². The standard InChI is InChI=1S/C16H28N2O3/c1-12-5-4-6-13(9-12)11-17-15(21)18-16(10-14(19)20)7-2-3-8-16/h12-13H,2-11H2,1H3,(H,19,20)(H2,17,18,21). The van der Waals surface area contributed by atoms with Crippen molar-refractivity contribution < 1.29 is 14.7 Å². The predicted octanol–water partition coefficient (Wildman–Crippen LogP) is 2.90. The number of rotatable bonds is 5. The molecule has 2 saturated carbocycles. The molecule has 0 heterocycles. The Bertz CT molecular complexity index is 378. The number of hydrogen-bond acceptors (Lipinski definition) is 2. The molecule has 3 N–H and O–H groups in total. The molecule has 0 bridgehead atoms. The van der Waals surface area contributed by atoms with Crippen molar-refractivity contribution in [1.29, 1.82) is 0 Å². The van der Waals surface area contributed by atoms with E-state index in [9.17, 15) is 9.59 Å². The minimum absolute atomic E-state index is 0.0287. The number of hydrogen-bond donors (Lipinski definition) is 3. The normalized spacial score (nSPS) is 28.0. The van der Waals surface area contributed by atoms with Crippen LogP contribution in [-0.2, 0) is 4.79 Å². The Kier molecular flexibility index (Phi) is 5.48. The van der Waals surface area contributed by atoms with Gasteiger partial charge in [-0.15, -0.1) is 0 Å². The Morgan fingerprint density at radius 1 is 1.19 bits per heavy atom. The van der Waals surface area contributed by atoms with Crippen LogP contribution in [0.5, 0.6) is 0 Å². The molecule has 2 aliphatic carbocycles. The number of carbonyl (C=O) groups is 2. The van der Waals surface area contributed by atoms with Crippen molar-refractivity contribution in [2.24, 2.45) is 11.8 Å². The van der Waals surface area contributed by atoms with Crippen molar-refractivity contribution in [3.8, 4) is 0 Å². The molecule has 0 aromatic heterocycles. The van der Waals surface area contributed by atoms with Crippen molar-refractivity contribution in [3.63, 3.8) is 0 Å². The van der Waals surface area contributed by atoms with Crippen LogP contribution in [-0.4, -0.2) is 29.2 Å². The van der Waals surface area contributed by atoms with Gasteiger partial charge in [0.2, 0.25) is 0 Å². The van der Waals surface area contributed by atoms with Crippen molar-refractivity contribution in [2.75, 3.05) is 6.54 Å². The SMILES string of the molecule is CC1CCCC(CNC(=O)NC2(CC(=O)O)CCCC2)C1. The molecule has 21 heavy (non-hydrogen) atoms. The first-order chi connectivity index (χ1) is 9.99. The number of aliphatic carboxylic acids is 1. The summed E-state index contributed by atoms with van der Waals surface area (Å²) in [6, 6.07) is -0.198. The third-order valence-electron chi connectivity index (χ3n) is 5.03. The van der Waals surface area contributed by atoms with E-state index < -0.39 is 11.5 Å². The van der Waals surface area contributed by atoms with Crippen molar-refractivity contribution in [2.45, 2.75) is 70.3 Å². The Morgan fingerprint density at radius 2 is 1.90 bits per heavy atom. The molecule has 0 spiro atoms. The van der Waals surface area contributed by atoms with Crippen LogP contribution in [0.3, 0.4) is 0 Å². The molecule has 5 nitrogen and oxygen atoms in total. The monoisotopic (exact) mass is 296 g/mol. The van der Waals surface area contributed by atoms with Crippen molar-refractivity contribution in [1.82, 2.24) is 10.6 Å². The maximum absolute atomic E-state index is 12.1. The zero-order chi connectivity index (χ0) is 15.3. The number of carbonyl (C=O) groups excluding carboxylic acids is 1. The molecular formula is C16H28N2O3. The second kappa shape index (κ2) is 7.14. The molecule has 2 fully saturated rings. The van der Waals surface area contributed by atoms with Gasteiger partial charge in [0.25, 0.3) is 0 Å². The van der Waals surface area contributed by atoms with E-state index in [2.05, 4.69) is 17.6 Å². The van der Waals surface area contributed by atoms with E-state index in [0.29, 0.717) is 12.5 Å². The third-order valence-corrected chi connectivity index (χ3v) is 5.03. The maximum atomic E-state index is 12.1. The molecular weight excluding hydrogens is 268 g/mol. The summed E-state index contributed by atoms with van der Waals surface area (Å²) in [6.45, 7) is 2.98. The van der Waals surface area contributed by atoms with Gasteiger partial charge in [0.15, 0.2) is 0 Å². The molecule has 2 aliphatic rings. The number of amides is 2. The number of urea groups is 1. The lowest BCUT2D eigenvalue weighted by atomic mass is 9.82. The van der Waals surface area contributed by atoms with Crippen LogP contribution in [0.4, 0.5) is 4.79 Å². The largest absolute Gasteiger partial charge is 0.481 e. The average Bonchev–Trinajstić information content (AvgIpc) is 2.83. The van der Waals surface area contributed by atoms with E-state index >= 15 is 0 Å². The Balaban J connectivity index is 1.78. The Morgan fingerprint density at radius 3 is 2.52 bits per heavy atom. The van der Waals surface area contributed by atoms with E-state index in [-0.39, 0.29) is 12.5 Å². The molecule has 2 amide bonds. The van der Waals surface area contributed by atoms with Crippen LogP contribution < -0.4 is 10.6 Å². The van der Waals surface area contributed by atoms with Gasteiger partial charge in [-0.05, 0) is 37.5 Å². The van der Waals surface area contributed by atoms with E-state index in [1.54, 1.807) is 0 Å². The highest BCUT2D eigenvalue weighted by Gasteiger charge is 2.37. The zero-order valence-corrected chi connectivity index (χ0v) is 13.0. The van der Waals surface area contributed by atoms with Gasteiger partial charge in [-0.2, -0.15) is 0 Å². The summed E-state index contributed by atoms with van der Waals surface area (Å²) in [4.78, 5) is 23.1. The Labute approximate surface area is 126 Å². The molecule has 2 unspecified atom stereocenters. The highest BCUT2D eigenvalue weighted by molar-refractivity contribution is 5.76. The fourth-order valence-corrected chi connectivity index (χ4v) is 3.95. The first kappa shape index (κ1) is 16.1. The molecule has 0 radical (unpaired) electrons. The predicted molar refractivity (Wildman–Crippen MR) is 81.1 cm³/mol. The third kappa shape index (κ3) is 4.90. The molecule has 0 aliphatic heterocycles. The number of nitrogens with one attached hydrogen (secondary N) is 2. The lowest BCUT2D eigenvalue weighted by molar-refractivity contribution is -0.138. The van der Waals surface area contributed by atoms with E-state index in [4.69, 9.17) is 5.11 Å². The highest BCUT2D eigenvalue weighted by atomic mass is 16.4. The summed E-state index contributed by atoms with van der Waals surface area (Å²) < 4.78 is 0. The Hall–Kier alpha value is -1.26. The van der Waals surface area contributed by atoms with E-state index in [1.807, 2.05) is 0 Å². The first-order valence-electron chi connectivity index (χ1n) is 8.27. The minimum atomic E-state index is -0.835. The van der Waals surface area contributed by atoms with Crippen molar-refractivity contribution >= 4 is 12.0 Å². The summed E-state index contributed by atoms with van der Waals surface area (Å²) in [5.41, 5.74) is -0.532. The van der Waals surface area contributed by atoms with Gasteiger partial charge in [-0.25, -0.2) is 4.79 Å². The molecule has 0 saturated heterocycles. The van der Waals surface area contributed by atoms with Crippen LogP contribution in [0.25, 0.3) is 0 Å². The van der Waals surface area contributed by atoms with Crippen molar-refractivity contribution in [3.05, 3.63) is 0 Å². The van der Waals surface area contributed by atoms with Gasteiger partial charge in [-0.3, -0.25) is 4.79 Å². The van der Waals surface area contributed by atoms with Crippen LogP contribution in [0.1, 0.15) is 64.7 Å². The summed E-state index contributed by atoms with van der Waals surface area (Å²) in [6.07, 6.45) is 8.47. The van der Waals surface area contributed by atoms with Crippen LogP contribution in [0.15, 0.2) is 0 Å². The van der Waals surface area contributed by atoms with Gasteiger partial charge < -0.3 is 15.7 Å². The van der Waals surface area contributed by atoms with Gasteiger partial charge in [0, 0.05) is 6.54 Å². The summed E-state index contributed by atoms with van der Waals surface area (Å²) in [5, 5.41) is 14.9. The fourth-order valence-electron chi connectivity index (χ4n) is 3.95. The summed E-state index contributed by atoms with van der Waals surface area (Å²) in [5.74, 6) is 0.485. The van der Waals surface area contributed by atoms with Crippen LogP contribution in [0.2, 0.25) is 0 Å². The quantitative estimate of drug-likeness (QED) is 0.730. The highest BCUT2D eigenvalue weighted by Crippen LogP contribution is 2.32. The summed E-state index contributed by atoms with van der Waals surface area (Å²) in [7, 11) is 0. The lowest BCUT2D eigenvalue weighted by Crippen LogP contribution is -2.52. The van der Waals surface area contributed by atoms with Gasteiger partial charge in [0.1, 0.15) is 0 Å². The second-order valence-electron chi connectivity index (χ2n) is 7.03. The minimum Gasteiger partial charge on any atom is -0.481 e. The van der Waals surface area contributed by atoms with E-state index in [1.165, 1.54) is 25.7 Å². The van der Waals surface area contributed by atoms with Gasteiger partial charge >= 0.3 is 12.0 Å². The zero-order valence-electron chi connectivity index (χ0n) is 13.0. The second-order valence-corrected chi connectivity index (χ2v) is 7.03. The summed E-state index contributed by atoms with van der Waals surface area (Å²) >= 11 is 0. The molecule has 120 valence electrons. The van der Waals surface area contributed by atoms with Crippen LogP contribution >= 0.6 is 0 Å². The van der Waals surface area contributed by atoms with Gasteiger partial charge in [-0.1, -0.05) is 32.6 Å². The number of carboxylic acid groups (broad SMARTS) is 1. The maximum Gasteiger partial charge on any atom is 0.315 e. The smallest absolute Gasteiger partial charge is 0.315 e. The van der Waals surface area contributed by atoms with E-state index in [0.717, 1.165) is 31.6 Å².